The van der Waals surface area contributed by atoms with Gasteiger partial charge in [0.1, 0.15) is 13.2 Å². The Morgan fingerprint density at radius 3 is 2.77 bits per heavy atom. The number of para-hydroxylation sites is 2. The van der Waals surface area contributed by atoms with E-state index >= 15 is 0 Å². The Bertz CT molecular complexity index is 800. The highest BCUT2D eigenvalue weighted by molar-refractivity contribution is 6.35. The lowest BCUT2D eigenvalue weighted by molar-refractivity contribution is -0.896. The van der Waals surface area contributed by atoms with Crippen LogP contribution in [0.4, 0.5) is 5.69 Å². The summed E-state index contributed by atoms with van der Waals surface area (Å²) in [6, 6.07) is 12.3. The van der Waals surface area contributed by atoms with Crippen molar-refractivity contribution in [2.24, 2.45) is 0 Å². The Labute approximate surface area is 162 Å². The number of carbonyl (C=O) groups excluding carboxylic acids is 1. The Kier molecular flexibility index (Phi) is 5.91. The SMILES string of the molecule is C[C@H](C(=O)Nc1cc(Cl)ccc1Cl)[NH+](C)C[C@@H]1COc2ccccc2O1. The molecule has 1 amide bonds. The summed E-state index contributed by atoms with van der Waals surface area (Å²) in [5.74, 6) is 1.35. The van der Waals surface area contributed by atoms with E-state index in [1.807, 2.05) is 38.2 Å². The number of likely N-dealkylation sites (N-methyl/N-ethyl adjacent to an activating group) is 1. The number of ether oxygens (including phenoxy) is 2. The number of hydrogen-bond acceptors (Lipinski definition) is 3. The first-order valence-electron chi connectivity index (χ1n) is 8.40. The lowest BCUT2D eigenvalue weighted by Gasteiger charge is -2.29. The van der Waals surface area contributed by atoms with Crippen LogP contribution in [0.25, 0.3) is 0 Å². The van der Waals surface area contributed by atoms with Gasteiger partial charge in [-0.05, 0) is 37.3 Å². The fraction of sp³-hybridized carbons (Fsp3) is 0.316. The number of anilines is 1. The number of carbonyl (C=O) groups is 1. The van der Waals surface area contributed by atoms with Crippen LogP contribution in [0.2, 0.25) is 10.0 Å². The van der Waals surface area contributed by atoms with Crippen LogP contribution in [0.5, 0.6) is 11.5 Å². The normalized spacial score (nSPS) is 18.1. The number of rotatable bonds is 5. The summed E-state index contributed by atoms with van der Waals surface area (Å²) in [4.78, 5) is 13.6. The van der Waals surface area contributed by atoms with Gasteiger partial charge in [0.25, 0.3) is 5.91 Å². The highest BCUT2D eigenvalue weighted by Crippen LogP contribution is 2.30. The quantitative estimate of drug-likeness (QED) is 0.817. The van der Waals surface area contributed by atoms with Crippen molar-refractivity contribution in [1.29, 1.82) is 0 Å². The van der Waals surface area contributed by atoms with Crippen molar-refractivity contribution < 1.29 is 19.2 Å². The summed E-state index contributed by atoms with van der Waals surface area (Å²) in [5.41, 5.74) is 0.509. The Morgan fingerprint density at radius 1 is 1.27 bits per heavy atom. The molecule has 2 aromatic carbocycles. The van der Waals surface area contributed by atoms with Crippen LogP contribution in [0.3, 0.4) is 0 Å². The molecule has 3 atom stereocenters. The molecule has 0 bridgehead atoms. The second-order valence-electron chi connectivity index (χ2n) is 6.38. The first-order chi connectivity index (χ1) is 12.4. The summed E-state index contributed by atoms with van der Waals surface area (Å²) >= 11 is 12.1. The van der Waals surface area contributed by atoms with E-state index < -0.39 is 0 Å². The highest BCUT2D eigenvalue weighted by Gasteiger charge is 2.29. The van der Waals surface area contributed by atoms with Crippen molar-refractivity contribution in [3.63, 3.8) is 0 Å². The minimum atomic E-state index is -0.300. The molecule has 5 nitrogen and oxygen atoms in total. The third kappa shape index (κ3) is 4.41. The van der Waals surface area contributed by atoms with Crippen LogP contribution in [0, 0.1) is 0 Å². The van der Waals surface area contributed by atoms with E-state index in [-0.39, 0.29) is 18.1 Å². The van der Waals surface area contributed by atoms with Gasteiger partial charge in [-0.2, -0.15) is 0 Å². The predicted molar refractivity (Wildman–Crippen MR) is 103 cm³/mol. The lowest BCUT2D eigenvalue weighted by Crippen LogP contribution is -3.15. The average molecular weight is 396 g/mol. The molecule has 2 N–H and O–H groups in total. The zero-order valence-corrected chi connectivity index (χ0v) is 16.1. The van der Waals surface area contributed by atoms with Crippen LogP contribution in [-0.4, -0.2) is 38.3 Å². The highest BCUT2D eigenvalue weighted by atomic mass is 35.5. The van der Waals surface area contributed by atoms with E-state index in [1.165, 1.54) is 0 Å². The molecule has 0 spiro atoms. The maximum absolute atomic E-state index is 12.6. The van der Waals surface area contributed by atoms with Crippen LogP contribution < -0.4 is 19.7 Å². The minimum absolute atomic E-state index is 0.116. The number of nitrogens with one attached hydrogen (secondary N) is 2. The summed E-state index contributed by atoms with van der Waals surface area (Å²) in [7, 11) is 1.95. The van der Waals surface area contributed by atoms with Gasteiger partial charge in [0.2, 0.25) is 0 Å². The van der Waals surface area contributed by atoms with E-state index in [0.29, 0.717) is 28.9 Å². The molecule has 1 aliphatic heterocycles. The van der Waals surface area contributed by atoms with Gasteiger partial charge in [-0.15, -0.1) is 0 Å². The van der Waals surface area contributed by atoms with Crippen LogP contribution in [-0.2, 0) is 4.79 Å². The van der Waals surface area contributed by atoms with E-state index in [2.05, 4.69) is 5.32 Å². The second-order valence-corrected chi connectivity index (χ2v) is 7.23. The zero-order valence-electron chi connectivity index (χ0n) is 14.6. The van der Waals surface area contributed by atoms with Gasteiger partial charge >= 0.3 is 0 Å². The van der Waals surface area contributed by atoms with Crippen LogP contribution in [0.15, 0.2) is 42.5 Å². The maximum Gasteiger partial charge on any atom is 0.282 e. The van der Waals surface area contributed by atoms with E-state index in [4.69, 9.17) is 32.7 Å². The monoisotopic (exact) mass is 395 g/mol. The van der Waals surface area contributed by atoms with Gasteiger partial charge in [0.15, 0.2) is 23.6 Å². The molecule has 0 saturated heterocycles. The van der Waals surface area contributed by atoms with Gasteiger partial charge in [0.05, 0.1) is 17.8 Å². The largest absolute Gasteiger partial charge is 0.486 e. The molecule has 1 heterocycles. The predicted octanol–water partition coefficient (Wildman–Crippen LogP) is 2.68. The first kappa shape index (κ1) is 18.8. The fourth-order valence-electron chi connectivity index (χ4n) is 2.76. The van der Waals surface area contributed by atoms with Crippen LogP contribution >= 0.6 is 23.2 Å². The third-order valence-electron chi connectivity index (χ3n) is 4.44. The number of quaternary nitrogens is 1. The Hall–Kier alpha value is -1.95. The molecule has 138 valence electrons. The van der Waals surface area contributed by atoms with Crippen molar-refractivity contribution in [3.05, 3.63) is 52.5 Å². The molecular weight excluding hydrogens is 375 g/mol. The van der Waals surface area contributed by atoms with Gasteiger partial charge in [-0.1, -0.05) is 35.3 Å². The topological polar surface area (TPSA) is 52.0 Å². The Morgan fingerprint density at radius 2 is 2.00 bits per heavy atom. The third-order valence-corrected chi connectivity index (χ3v) is 5.00. The van der Waals surface area contributed by atoms with Gasteiger partial charge in [-0.3, -0.25) is 4.79 Å². The van der Waals surface area contributed by atoms with E-state index in [9.17, 15) is 4.79 Å². The first-order valence-corrected chi connectivity index (χ1v) is 9.16. The average Bonchev–Trinajstić information content (AvgIpc) is 2.64. The molecule has 1 unspecified atom stereocenters. The van der Waals surface area contributed by atoms with Crippen molar-refractivity contribution >= 4 is 34.8 Å². The minimum Gasteiger partial charge on any atom is -0.486 e. The molecule has 0 aromatic heterocycles. The smallest absolute Gasteiger partial charge is 0.282 e. The molecule has 1 aliphatic rings. The number of amides is 1. The molecule has 0 aliphatic carbocycles. The lowest BCUT2D eigenvalue weighted by atomic mass is 10.2. The number of fused-ring (bicyclic) bond motifs is 1. The number of benzene rings is 2. The maximum atomic E-state index is 12.6. The molecule has 0 saturated carbocycles. The molecule has 3 rings (SSSR count). The van der Waals surface area contributed by atoms with Gasteiger partial charge in [-0.25, -0.2) is 0 Å². The number of hydrogen-bond donors (Lipinski definition) is 2. The zero-order chi connectivity index (χ0) is 18.7. The van der Waals surface area contributed by atoms with Crippen molar-refractivity contribution in [3.8, 4) is 11.5 Å². The molecule has 0 radical (unpaired) electrons. The number of halogens is 2. The summed E-state index contributed by atoms with van der Waals surface area (Å²) in [5, 5.41) is 3.81. The molecule has 26 heavy (non-hydrogen) atoms. The summed E-state index contributed by atoms with van der Waals surface area (Å²) in [6.07, 6.45) is -0.116. The van der Waals surface area contributed by atoms with E-state index in [1.54, 1.807) is 18.2 Å². The Balaban J connectivity index is 1.58. The van der Waals surface area contributed by atoms with Crippen molar-refractivity contribution in [2.75, 3.05) is 25.5 Å². The molecule has 2 aromatic rings. The summed E-state index contributed by atoms with van der Waals surface area (Å²) in [6.45, 7) is 2.95. The second kappa shape index (κ2) is 8.16. The van der Waals surface area contributed by atoms with Crippen molar-refractivity contribution in [2.45, 2.75) is 19.1 Å². The van der Waals surface area contributed by atoms with Gasteiger partial charge in [0, 0.05) is 5.02 Å². The van der Waals surface area contributed by atoms with E-state index in [0.717, 1.165) is 16.4 Å². The fourth-order valence-corrected chi connectivity index (χ4v) is 3.09. The molecule has 0 fully saturated rings. The van der Waals surface area contributed by atoms with Gasteiger partial charge < -0.3 is 19.7 Å². The standard InChI is InChI=1S/C19H20Cl2N2O3/c1-12(19(24)22-16-9-13(20)7-8-15(16)21)23(2)10-14-11-25-17-5-3-4-6-18(17)26-14/h3-9,12,14H,10-11H2,1-2H3,(H,22,24)/p+1/t12-,14-/m1/s1. The molecule has 7 heteroatoms. The van der Waals surface area contributed by atoms with Crippen LogP contribution in [0.1, 0.15) is 6.92 Å². The molecular formula is C19H21Cl2N2O3+. The summed E-state index contributed by atoms with van der Waals surface area (Å²) < 4.78 is 11.7. The van der Waals surface area contributed by atoms with Crippen molar-refractivity contribution in [1.82, 2.24) is 0 Å².